The van der Waals surface area contributed by atoms with Crippen molar-refractivity contribution < 1.29 is 18.3 Å². The first-order valence-corrected chi connectivity index (χ1v) is 12.4. The number of halogens is 3. The van der Waals surface area contributed by atoms with Gasteiger partial charge in [-0.1, -0.05) is 24.3 Å². The summed E-state index contributed by atoms with van der Waals surface area (Å²) in [6, 6.07) is 18.4. The zero-order valence-electron chi connectivity index (χ0n) is 21.0. The summed E-state index contributed by atoms with van der Waals surface area (Å²) in [5, 5.41) is 25.5. The molecular weight excluding hydrogens is 523 g/mol. The molecule has 0 atom stereocenters. The molecule has 0 amide bonds. The SMILES string of the molecule is Oc1ccc(N=Nc2cccc(C(F)(F)F)c2)cc1/C=N\Nc1nc(Nc2ccccc2)nc(N2CCCC2)n1. The molecule has 40 heavy (non-hydrogen) atoms. The van der Waals surface area contributed by atoms with E-state index < -0.39 is 11.7 Å². The monoisotopic (exact) mass is 547 g/mol. The minimum Gasteiger partial charge on any atom is -0.507 e. The number of phenolic OH excluding ortho intramolecular Hbond substituents is 1. The molecule has 2 heterocycles. The van der Waals surface area contributed by atoms with Gasteiger partial charge in [0.05, 0.1) is 23.2 Å². The van der Waals surface area contributed by atoms with E-state index in [2.05, 4.69) is 45.9 Å². The van der Waals surface area contributed by atoms with Gasteiger partial charge in [-0.05, 0) is 61.4 Å². The Morgan fingerprint density at radius 1 is 0.825 bits per heavy atom. The molecule has 3 aromatic carbocycles. The number of phenols is 1. The van der Waals surface area contributed by atoms with Gasteiger partial charge in [-0.15, -0.1) is 0 Å². The van der Waals surface area contributed by atoms with E-state index in [4.69, 9.17) is 0 Å². The van der Waals surface area contributed by atoms with Gasteiger partial charge in [0.15, 0.2) is 0 Å². The molecule has 13 heteroatoms. The molecule has 1 saturated heterocycles. The van der Waals surface area contributed by atoms with Crippen LogP contribution in [-0.4, -0.2) is 39.4 Å². The Bertz CT molecular complexity index is 1520. The van der Waals surface area contributed by atoms with Crippen LogP contribution in [0, 0.1) is 0 Å². The minimum absolute atomic E-state index is 0.0448. The van der Waals surface area contributed by atoms with E-state index in [9.17, 15) is 18.3 Å². The number of nitrogens with zero attached hydrogens (tertiary/aromatic N) is 7. The summed E-state index contributed by atoms with van der Waals surface area (Å²) in [5.74, 6) is 0.985. The van der Waals surface area contributed by atoms with Crippen LogP contribution >= 0.6 is 0 Å². The maximum absolute atomic E-state index is 13.0. The predicted molar refractivity (Wildman–Crippen MR) is 146 cm³/mol. The number of nitrogens with one attached hydrogen (secondary N) is 2. The third-order valence-electron chi connectivity index (χ3n) is 5.88. The fourth-order valence-electron chi connectivity index (χ4n) is 3.91. The highest BCUT2D eigenvalue weighted by atomic mass is 19.4. The fraction of sp³-hybridized carbons (Fsp3) is 0.185. The van der Waals surface area contributed by atoms with Gasteiger partial charge in [0.25, 0.3) is 0 Å². The molecule has 0 radical (unpaired) electrons. The van der Waals surface area contributed by atoms with Gasteiger partial charge in [-0.25, -0.2) is 5.43 Å². The average molecular weight is 548 g/mol. The summed E-state index contributed by atoms with van der Waals surface area (Å²) in [6.45, 7) is 1.68. The van der Waals surface area contributed by atoms with Crippen LogP contribution in [0.5, 0.6) is 5.75 Å². The van der Waals surface area contributed by atoms with Gasteiger partial charge in [-0.3, -0.25) is 0 Å². The Hall–Kier alpha value is -5.07. The number of hydrazone groups is 1. The largest absolute Gasteiger partial charge is 0.507 e. The first kappa shape index (κ1) is 26.5. The number of azo groups is 1. The molecule has 3 N–H and O–H groups in total. The van der Waals surface area contributed by atoms with Crippen LogP contribution in [0.3, 0.4) is 0 Å². The summed E-state index contributed by atoms with van der Waals surface area (Å²) in [7, 11) is 0. The van der Waals surface area contributed by atoms with E-state index in [0.717, 1.165) is 43.8 Å². The summed E-state index contributed by atoms with van der Waals surface area (Å²) in [6.07, 6.45) is -1.03. The van der Waals surface area contributed by atoms with Crippen molar-refractivity contribution in [1.82, 2.24) is 15.0 Å². The lowest BCUT2D eigenvalue weighted by atomic mass is 10.2. The van der Waals surface area contributed by atoms with E-state index in [0.29, 0.717) is 23.1 Å². The van der Waals surface area contributed by atoms with Crippen molar-refractivity contribution in [3.05, 3.63) is 83.9 Å². The highest BCUT2D eigenvalue weighted by molar-refractivity contribution is 5.85. The fourth-order valence-corrected chi connectivity index (χ4v) is 3.91. The van der Waals surface area contributed by atoms with Crippen LogP contribution in [0.4, 0.5) is 48.1 Å². The van der Waals surface area contributed by atoms with Crippen molar-refractivity contribution >= 4 is 41.1 Å². The lowest BCUT2D eigenvalue weighted by Gasteiger charge is -2.16. The lowest BCUT2D eigenvalue weighted by Crippen LogP contribution is -2.21. The van der Waals surface area contributed by atoms with Gasteiger partial charge in [0, 0.05) is 24.3 Å². The normalized spacial score (nSPS) is 13.8. The number of para-hydroxylation sites is 1. The summed E-state index contributed by atoms with van der Waals surface area (Å²) in [5.41, 5.74) is 3.42. The Morgan fingerprint density at radius 3 is 2.30 bits per heavy atom. The summed E-state index contributed by atoms with van der Waals surface area (Å²) < 4.78 is 38.9. The second kappa shape index (κ2) is 11.8. The van der Waals surface area contributed by atoms with E-state index in [1.807, 2.05) is 30.3 Å². The Labute approximate surface area is 227 Å². The first-order chi connectivity index (χ1) is 19.3. The average Bonchev–Trinajstić information content (AvgIpc) is 3.49. The molecule has 0 aliphatic carbocycles. The van der Waals surface area contributed by atoms with E-state index in [-0.39, 0.29) is 17.4 Å². The molecule has 10 nitrogen and oxygen atoms in total. The zero-order chi connectivity index (χ0) is 28.0. The highest BCUT2D eigenvalue weighted by Gasteiger charge is 2.30. The number of aromatic nitrogens is 3. The van der Waals surface area contributed by atoms with E-state index in [1.165, 1.54) is 36.5 Å². The lowest BCUT2D eigenvalue weighted by molar-refractivity contribution is -0.137. The van der Waals surface area contributed by atoms with Crippen molar-refractivity contribution in [2.24, 2.45) is 15.3 Å². The molecule has 1 aromatic heterocycles. The molecule has 1 fully saturated rings. The van der Waals surface area contributed by atoms with Crippen molar-refractivity contribution in [2.75, 3.05) is 28.7 Å². The van der Waals surface area contributed by atoms with Gasteiger partial charge >= 0.3 is 6.18 Å². The van der Waals surface area contributed by atoms with Crippen LogP contribution in [-0.2, 0) is 6.18 Å². The third-order valence-corrected chi connectivity index (χ3v) is 5.88. The number of anilines is 4. The molecule has 204 valence electrons. The molecule has 4 aromatic rings. The van der Waals surface area contributed by atoms with Crippen molar-refractivity contribution in [3.63, 3.8) is 0 Å². The minimum atomic E-state index is -4.48. The molecule has 0 bridgehead atoms. The van der Waals surface area contributed by atoms with Gasteiger partial charge in [0.2, 0.25) is 17.8 Å². The van der Waals surface area contributed by atoms with Crippen LogP contribution in [0.2, 0.25) is 0 Å². The van der Waals surface area contributed by atoms with Crippen LogP contribution in [0.1, 0.15) is 24.0 Å². The number of alkyl halides is 3. The Balaban J connectivity index is 1.33. The number of benzene rings is 3. The van der Waals surface area contributed by atoms with Crippen LogP contribution < -0.4 is 15.6 Å². The molecule has 1 aliphatic heterocycles. The third kappa shape index (κ3) is 6.87. The number of rotatable bonds is 8. The molecular formula is C27H24F3N9O. The topological polar surface area (TPSA) is 123 Å². The number of hydrogen-bond donors (Lipinski definition) is 3. The molecule has 0 saturated carbocycles. The highest BCUT2D eigenvalue weighted by Crippen LogP contribution is 2.32. The second-order valence-electron chi connectivity index (χ2n) is 8.83. The van der Waals surface area contributed by atoms with Crippen molar-refractivity contribution in [2.45, 2.75) is 19.0 Å². The van der Waals surface area contributed by atoms with Gasteiger partial charge < -0.3 is 15.3 Å². The van der Waals surface area contributed by atoms with Crippen molar-refractivity contribution in [3.8, 4) is 5.75 Å². The predicted octanol–water partition coefficient (Wildman–Crippen LogP) is 6.80. The van der Waals surface area contributed by atoms with E-state index in [1.54, 1.807) is 0 Å². The Kier molecular flexibility index (Phi) is 7.80. The van der Waals surface area contributed by atoms with Gasteiger partial charge in [0.1, 0.15) is 5.75 Å². The maximum Gasteiger partial charge on any atom is 0.416 e. The molecule has 5 rings (SSSR count). The summed E-state index contributed by atoms with van der Waals surface area (Å²) >= 11 is 0. The standard InChI is InChI=1S/C27H24F3N9O/c28-27(29,30)19-7-6-10-21(16-19)36-37-22-11-12-23(40)18(15-22)17-31-38-25-33-24(32-20-8-2-1-3-9-20)34-26(35-25)39-13-4-5-14-39/h1-3,6-12,15-17,40H,4-5,13-14H2,(H2,32,33,34,35,38)/b31-17-,37-36?. The Morgan fingerprint density at radius 2 is 1.55 bits per heavy atom. The number of aromatic hydroxyl groups is 1. The van der Waals surface area contributed by atoms with Crippen LogP contribution in [0.15, 0.2) is 88.1 Å². The van der Waals surface area contributed by atoms with Gasteiger partial charge in [-0.2, -0.15) is 43.5 Å². The molecule has 0 spiro atoms. The maximum atomic E-state index is 13.0. The van der Waals surface area contributed by atoms with Crippen molar-refractivity contribution in [1.29, 1.82) is 0 Å². The number of hydrogen-bond acceptors (Lipinski definition) is 10. The smallest absolute Gasteiger partial charge is 0.416 e. The van der Waals surface area contributed by atoms with Crippen LogP contribution in [0.25, 0.3) is 0 Å². The quantitative estimate of drug-likeness (QED) is 0.126. The second-order valence-corrected chi connectivity index (χ2v) is 8.83. The molecule has 1 aliphatic rings. The zero-order valence-corrected chi connectivity index (χ0v) is 21.0. The summed E-state index contributed by atoms with van der Waals surface area (Å²) in [4.78, 5) is 15.5. The molecule has 0 unspecified atom stereocenters. The van der Waals surface area contributed by atoms with E-state index >= 15 is 0 Å². The first-order valence-electron chi connectivity index (χ1n) is 12.4.